The molecule has 0 spiro atoms. The molecule has 2 heterocycles. The number of rotatable bonds is 7. The van der Waals surface area contributed by atoms with Crippen molar-refractivity contribution in [3.8, 4) is 17.2 Å². The average Bonchev–Trinajstić information content (AvgIpc) is 3.43. The predicted octanol–water partition coefficient (Wildman–Crippen LogP) is 4.33. The standard InChI is InChI=1S/C28H28N2O6/c1-5-17-11-13-18(14-12-17)29-27(31)22-23(20-15-16-21(33-2)25(35-4)24(20)34-3)30(36-26(22)28(29)32)19-9-7-6-8-10-19/h6-16,22-23,26H,5H2,1-4H3/t22-,23+,26-/m0/s1. The first-order valence-corrected chi connectivity index (χ1v) is 11.8. The van der Waals surface area contributed by atoms with Crippen LogP contribution in [0.1, 0.15) is 24.1 Å². The van der Waals surface area contributed by atoms with Gasteiger partial charge in [0.25, 0.3) is 5.91 Å². The summed E-state index contributed by atoms with van der Waals surface area (Å²) in [6, 6.07) is 19.8. The van der Waals surface area contributed by atoms with Gasteiger partial charge in [-0.25, -0.2) is 9.96 Å². The number of hydrogen-bond donors (Lipinski definition) is 0. The van der Waals surface area contributed by atoms with Crippen LogP contribution < -0.4 is 24.2 Å². The summed E-state index contributed by atoms with van der Waals surface area (Å²) < 4.78 is 16.8. The molecule has 0 unspecified atom stereocenters. The first-order chi connectivity index (χ1) is 17.5. The molecule has 5 rings (SSSR count). The molecule has 186 valence electrons. The van der Waals surface area contributed by atoms with E-state index in [9.17, 15) is 9.59 Å². The first-order valence-electron chi connectivity index (χ1n) is 11.8. The molecule has 0 aliphatic carbocycles. The van der Waals surface area contributed by atoms with Gasteiger partial charge in [-0.05, 0) is 48.4 Å². The summed E-state index contributed by atoms with van der Waals surface area (Å²) in [5, 5.41) is 1.63. The topological polar surface area (TPSA) is 77.5 Å². The van der Waals surface area contributed by atoms with Crippen LogP contribution in [0.4, 0.5) is 11.4 Å². The molecule has 0 aromatic heterocycles. The SMILES string of the molecule is CCc1ccc(N2C(=O)[C@@H]3[C@H](ON(c4ccccc4)[C@@H]3c3ccc(OC)c(OC)c3OC)C2=O)cc1. The summed E-state index contributed by atoms with van der Waals surface area (Å²) in [7, 11) is 4.60. The molecule has 3 aromatic carbocycles. The highest BCUT2D eigenvalue weighted by molar-refractivity contribution is 6.24. The molecule has 3 atom stereocenters. The number of aryl methyl sites for hydroxylation is 1. The van der Waals surface area contributed by atoms with E-state index in [0.29, 0.717) is 34.2 Å². The maximum atomic E-state index is 13.9. The van der Waals surface area contributed by atoms with Crippen LogP contribution in [0, 0.1) is 5.92 Å². The van der Waals surface area contributed by atoms with Gasteiger partial charge in [-0.2, -0.15) is 0 Å². The second-order valence-corrected chi connectivity index (χ2v) is 8.61. The summed E-state index contributed by atoms with van der Waals surface area (Å²) in [4.78, 5) is 34.9. The lowest BCUT2D eigenvalue weighted by molar-refractivity contribution is -0.126. The Morgan fingerprint density at radius 2 is 1.47 bits per heavy atom. The summed E-state index contributed by atoms with van der Waals surface area (Å²) in [6.45, 7) is 2.05. The van der Waals surface area contributed by atoms with Gasteiger partial charge in [-0.15, -0.1) is 0 Å². The van der Waals surface area contributed by atoms with Gasteiger partial charge in [0.05, 0.1) is 32.7 Å². The summed E-state index contributed by atoms with van der Waals surface area (Å²) in [5.41, 5.74) is 3.02. The van der Waals surface area contributed by atoms with Gasteiger partial charge in [0.1, 0.15) is 12.0 Å². The highest BCUT2D eigenvalue weighted by atomic mass is 16.7. The molecule has 2 saturated heterocycles. The molecule has 0 bridgehead atoms. The summed E-state index contributed by atoms with van der Waals surface area (Å²) >= 11 is 0. The third-order valence-electron chi connectivity index (χ3n) is 6.78. The van der Waals surface area contributed by atoms with E-state index in [1.807, 2.05) is 48.5 Å². The van der Waals surface area contributed by atoms with Crippen LogP contribution in [0.3, 0.4) is 0 Å². The Labute approximate surface area is 209 Å². The molecule has 2 aliphatic heterocycles. The Balaban J connectivity index is 1.63. The number of fused-ring (bicyclic) bond motifs is 1. The maximum Gasteiger partial charge on any atom is 0.266 e. The molecule has 2 aliphatic rings. The van der Waals surface area contributed by atoms with E-state index >= 15 is 0 Å². The van der Waals surface area contributed by atoms with Crippen LogP contribution in [0.15, 0.2) is 66.7 Å². The van der Waals surface area contributed by atoms with E-state index in [-0.39, 0.29) is 5.91 Å². The number of anilines is 2. The molecule has 0 saturated carbocycles. The molecule has 2 amide bonds. The number of amides is 2. The third kappa shape index (κ3) is 3.65. The number of carbonyl (C=O) groups is 2. The smallest absolute Gasteiger partial charge is 0.266 e. The van der Waals surface area contributed by atoms with Crippen molar-refractivity contribution in [3.63, 3.8) is 0 Å². The Morgan fingerprint density at radius 3 is 2.08 bits per heavy atom. The zero-order chi connectivity index (χ0) is 25.4. The van der Waals surface area contributed by atoms with Gasteiger partial charge in [0, 0.05) is 5.56 Å². The van der Waals surface area contributed by atoms with Gasteiger partial charge in [-0.3, -0.25) is 14.4 Å². The number of methoxy groups -OCH3 is 3. The molecule has 2 fully saturated rings. The van der Waals surface area contributed by atoms with Crippen molar-refractivity contribution in [1.29, 1.82) is 0 Å². The quantitative estimate of drug-likeness (QED) is 0.458. The molecule has 36 heavy (non-hydrogen) atoms. The number of hydroxylamine groups is 1. The number of imide groups is 1. The minimum atomic E-state index is -0.980. The maximum absolute atomic E-state index is 13.9. The minimum absolute atomic E-state index is 0.325. The van der Waals surface area contributed by atoms with Crippen molar-refractivity contribution >= 4 is 23.2 Å². The molecular weight excluding hydrogens is 460 g/mol. The van der Waals surface area contributed by atoms with E-state index in [1.165, 1.54) is 19.1 Å². The zero-order valence-electron chi connectivity index (χ0n) is 20.6. The summed E-state index contributed by atoms with van der Waals surface area (Å²) in [6.07, 6.45) is -0.115. The monoisotopic (exact) mass is 488 g/mol. The number of ether oxygens (including phenoxy) is 3. The lowest BCUT2D eigenvalue weighted by Crippen LogP contribution is -2.37. The highest BCUT2D eigenvalue weighted by Gasteiger charge is 2.61. The molecule has 0 radical (unpaired) electrons. The van der Waals surface area contributed by atoms with E-state index in [2.05, 4.69) is 6.92 Å². The fourth-order valence-corrected chi connectivity index (χ4v) is 5.02. The van der Waals surface area contributed by atoms with Gasteiger partial charge in [0.15, 0.2) is 17.6 Å². The number of nitrogens with zero attached hydrogens (tertiary/aromatic N) is 2. The normalized spacial score (nSPS) is 21.1. The summed E-state index contributed by atoms with van der Waals surface area (Å²) in [5.74, 6) is -0.204. The zero-order valence-corrected chi connectivity index (χ0v) is 20.6. The number of para-hydroxylation sites is 1. The highest BCUT2D eigenvalue weighted by Crippen LogP contribution is 2.52. The van der Waals surface area contributed by atoms with Crippen molar-refractivity contribution in [1.82, 2.24) is 0 Å². The first kappa shape index (κ1) is 23.7. The van der Waals surface area contributed by atoms with Gasteiger partial charge < -0.3 is 14.2 Å². The number of carbonyl (C=O) groups excluding carboxylic acids is 2. The molecule has 0 N–H and O–H groups in total. The Bertz CT molecular complexity index is 1280. The number of benzene rings is 3. The van der Waals surface area contributed by atoms with Crippen molar-refractivity contribution < 1.29 is 28.6 Å². The lowest BCUT2D eigenvalue weighted by atomic mass is 9.89. The van der Waals surface area contributed by atoms with Crippen LogP contribution in [-0.4, -0.2) is 39.2 Å². The lowest BCUT2D eigenvalue weighted by Gasteiger charge is -2.30. The van der Waals surface area contributed by atoms with Gasteiger partial charge in [-0.1, -0.05) is 37.3 Å². The van der Waals surface area contributed by atoms with E-state index in [4.69, 9.17) is 19.0 Å². The predicted molar refractivity (Wildman–Crippen MR) is 134 cm³/mol. The minimum Gasteiger partial charge on any atom is -0.493 e. The van der Waals surface area contributed by atoms with Crippen LogP contribution >= 0.6 is 0 Å². The van der Waals surface area contributed by atoms with Crippen molar-refractivity contribution in [3.05, 3.63) is 77.9 Å². The van der Waals surface area contributed by atoms with Crippen molar-refractivity contribution in [2.45, 2.75) is 25.5 Å². The Morgan fingerprint density at radius 1 is 0.778 bits per heavy atom. The Kier molecular flexibility index (Phi) is 6.28. The average molecular weight is 489 g/mol. The molecular formula is C28H28N2O6. The third-order valence-corrected chi connectivity index (χ3v) is 6.78. The van der Waals surface area contributed by atoms with Gasteiger partial charge >= 0.3 is 0 Å². The largest absolute Gasteiger partial charge is 0.493 e. The van der Waals surface area contributed by atoms with Crippen LogP contribution in [-0.2, 0) is 20.8 Å². The van der Waals surface area contributed by atoms with Crippen LogP contribution in [0.5, 0.6) is 17.2 Å². The van der Waals surface area contributed by atoms with Crippen molar-refractivity contribution in [2.24, 2.45) is 5.92 Å². The second-order valence-electron chi connectivity index (χ2n) is 8.61. The Hall–Kier alpha value is -4.04. The van der Waals surface area contributed by atoms with Crippen LogP contribution in [0.25, 0.3) is 0 Å². The fraction of sp³-hybridized carbons (Fsp3) is 0.286. The van der Waals surface area contributed by atoms with E-state index < -0.39 is 24.0 Å². The number of hydrogen-bond acceptors (Lipinski definition) is 7. The van der Waals surface area contributed by atoms with Crippen LogP contribution in [0.2, 0.25) is 0 Å². The molecule has 8 heteroatoms. The van der Waals surface area contributed by atoms with E-state index in [0.717, 1.165) is 12.0 Å². The molecule has 8 nitrogen and oxygen atoms in total. The van der Waals surface area contributed by atoms with E-state index in [1.54, 1.807) is 30.4 Å². The second kappa shape index (κ2) is 9.54. The fourth-order valence-electron chi connectivity index (χ4n) is 5.02. The molecule has 3 aromatic rings. The van der Waals surface area contributed by atoms with Gasteiger partial charge in [0.2, 0.25) is 11.7 Å². The van der Waals surface area contributed by atoms with Crippen molar-refractivity contribution in [2.75, 3.05) is 31.3 Å².